The largest absolute Gasteiger partial charge is 0.508 e. The highest BCUT2D eigenvalue weighted by Gasteiger charge is 2.39. The van der Waals surface area contributed by atoms with Crippen molar-refractivity contribution in [2.45, 2.75) is 44.2 Å². The van der Waals surface area contributed by atoms with Gasteiger partial charge in [-0.25, -0.2) is 4.79 Å². The topological polar surface area (TPSA) is 139 Å². The molecule has 1 fully saturated rings. The number of phenolic OH excluding ortho intramolecular Hbond substituents is 1. The third-order valence-electron chi connectivity index (χ3n) is 7.85. The number of aromatic nitrogens is 1. The molecule has 1 aliphatic carbocycles. The number of hydrogen-bond acceptors (Lipinski definition) is 7. The van der Waals surface area contributed by atoms with Gasteiger partial charge in [0.15, 0.2) is 6.10 Å². The van der Waals surface area contributed by atoms with E-state index in [2.05, 4.69) is 5.16 Å². The Hall–Kier alpha value is -2.98. The number of aromatic hydroxyl groups is 1. The summed E-state index contributed by atoms with van der Waals surface area (Å²) >= 11 is 19.7. The van der Waals surface area contributed by atoms with Gasteiger partial charge in [-0.3, -0.25) is 4.79 Å². The zero-order chi connectivity index (χ0) is 28.6. The minimum atomic E-state index is -1.19. The normalized spacial score (nSPS) is 21.5. The second kappa shape index (κ2) is 11.9. The van der Waals surface area contributed by atoms with Crippen LogP contribution in [0.5, 0.6) is 11.5 Å². The van der Waals surface area contributed by atoms with Gasteiger partial charge in [0.2, 0.25) is 0 Å². The maximum Gasteiger partial charge on any atom is 0.345 e. The molecule has 4 N–H and O–H groups in total. The van der Waals surface area contributed by atoms with Crippen LogP contribution in [0.15, 0.2) is 41.1 Å². The first-order chi connectivity index (χ1) is 19.2. The number of nitrogens with two attached hydrogens (primary N) is 1. The van der Waals surface area contributed by atoms with Gasteiger partial charge < -0.3 is 30.1 Å². The number of amides is 1. The lowest BCUT2D eigenvalue weighted by Crippen LogP contribution is -2.41. The van der Waals surface area contributed by atoms with E-state index < -0.39 is 24.0 Å². The van der Waals surface area contributed by atoms with Crippen LogP contribution in [0.2, 0.25) is 15.1 Å². The van der Waals surface area contributed by atoms with Crippen molar-refractivity contribution in [1.29, 1.82) is 0 Å². The number of carbonyl (C=O) groups excluding carboxylic acids is 1. The average molecular weight is 609 g/mol. The zero-order valence-corrected chi connectivity index (χ0v) is 23.6. The summed E-state index contributed by atoms with van der Waals surface area (Å²) in [7, 11) is 0. The van der Waals surface area contributed by atoms with Crippen molar-refractivity contribution in [2.75, 3.05) is 13.1 Å². The first kappa shape index (κ1) is 28.5. The van der Waals surface area contributed by atoms with Crippen LogP contribution in [-0.2, 0) is 11.2 Å². The van der Waals surface area contributed by atoms with E-state index in [1.807, 2.05) is 0 Å². The number of fused-ring (bicyclic) bond motifs is 1. The lowest BCUT2D eigenvalue weighted by Gasteiger charge is -2.36. The average Bonchev–Trinajstić information content (AvgIpc) is 3.43. The van der Waals surface area contributed by atoms with E-state index in [4.69, 9.17) is 49.8 Å². The predicted molar refractivity (Wildman–Crippen MR) is 149 cm³/mol. The van der Waals surface area contributed by atoms with Crippen LogP contribution in [0.4, 0.5) is 0 Å². The molecule has 212 valence electrons. The molecule has 3 aromatic rings. The molecule has 1 saturated carbocycles. The molecule has 2 unspecified atom stereocenters. The van der Waals surface area contributed by atoms with Gasteiger partial charge in [-0.05, 0) is 44.2 Å². The van der Waals surface area contributed by atoms with Crippen molar-refractivity contribution < 1.29 is 29.1 Å². The second-order valence-corrected chi connectivity index (χ2v) is 11.3. The molecule has 1 aromatic heterocycles. The molecule has 2 aromatic carbocycles. The molecule has 0 radical (unpaired) electrons. The van der Waals surface area contributed by atoms with E-state index >= 15 is 0 Å². The first-order valence-electron chi connectivity index (χ1n) is 13.0. The number of carbonyl (C=O) groups is 2. The monoisotopic (exact) mass is 607 g/mol. The van der Waals surface area contributed by atoms with Gasteiger partial charge in [-0.2, -0.15) is 0 Å². The van der Waals surface area contributed by atoms with E-state index in [0.29, 0.717) is 48.5 Å². The number of carboxylic acid groups (broad SMARTS) is 1. The molecule has 2 heterocycles. The Morgan fingerprint density at radius 2 is 1.85 bits per heavy atom. The summed E-state index contributed by atoms with van der Waals surface area (Å²) in [5.74, 6) is -1.67. The molecule has 12 heteroatoms. The summed E-state index contributed by atoms with van der Waals surface area (Å²) in [6.07, 6.45) is 3.54. The number of hydrogen-bond donors (Lipinski definition) is 3. The molecule has 9 nitrogen and oxygen atoms in total. The van der Waals surface area contributed by atoms with Crippen LogP contribution < -0.4 is 10.5 Å². The van der Waals surface area contributed by atoms with Gasteiger partial charge >= 0.3 is 5.97 Å². The predicted octanol–water partition coefficient (Wildman–Crippen LogP) is 5.73. The Morgan fingerprint density at radius 1 is 1.12 bits per heavy atom. The fourth-order valence-electron chi connectivity index (χ4n) is 5.69. The number of nitrogens with zero attached hydrogens (tertiary/aromatic N) is 2. The lowest BCUT2D eigenvalue weighted by atomic mass is 9.79. The van der Waals surface area contributed by atoms with Gasteiger partial charge in [0.05, 0.1) is 32.4 Å². The maximum absolute atomic E-state index is 14.1. The number of para-hydroxylation sites is 1. The van der Waals surface area contributed by atoms with Crippen LogP contribution in [0.25, 0.3) is 0 Å². The summed E-state index contributed by atoms with van der Waals surface area (Å²) in [4.78, 5) is 27.9. The summed E-state index contributed by atoms with van der Waals surface area (Å²) in [6.45, 7) is 0.777. The highest BCUT2D eigenvalue weighted by molar-refractivity contribution is 6.46. The summed E-state index contributed by atoms with van der Waals surface area (Å²) in [5, 5.41) is 24.5. The highest BCUT2D eigenvalue weighted by Crippen LogP contribution is 2.45. The molecule has 0 bridgehead atoms. The molecular formula is C28H28Cl3N3O6. The van der Waals surface area contributed by atoms with Crippen molar-refractivity contribution in [3.05, 3.63) is 74.0 Å². The summed E-state index contributed by atoms with van der Waals surface area (Å²) in [6, 6.07) is 7.24. The van der Waals surface area contributed by atoms with Gasteiger partial charge in [-0.15, -0.1) is 0 Å². The van der Waals surface area contributed by atoms with E-state index in [0.717, 1.165) is 12.8 Å². The molecular weight excluding hydrogens is 581 g/mol. The van der Waals surface area contributed by atoms with Gasteiger partial charge in [0, 0.05) is 36.1 Å². The third-order valence-corrected chi connectivity index (χ3v) is 9.01. The number of aliphatic carboxylic acids is 1. The molecule has 0 saturated heterocycles. The minimum Gasteiger partial charge on any atom is -0.508 e. The number of rotatable bonds is 7. The van der Waals surface area contributed by atoms with Crippen molar-refractivity contribution in [2.24, 2.45) is 17.6 Å². The zero-order valence-electron chi connectivity index (χ0n) is 21.4. The number of halogens is 3. The fraction of sp³-hybridized carbons (Fsp3) is 0.393. The SMILES string of the molecule is NCC1CCC(C(Oc2cc(Cl)c(Cl)c(C(=O)N3CCc4nocc4C3c3ccccc3O)c2Cl)C(=O)O)CC1. The molecule has 2 aliphatic rings. The Morgan fingerprint density at radius 3 is 2.52 bits per heavy atom. The summed E-state index contributed by atoms with van der Waals surface area (Å²) < 4.78 is 11.2. The molecule has 1 aliphatic heterocycles. The molecule has 0 spiro atoms. The van der Waals surface area contributed by atoms with Crippen molar-refractivity contribution in [3.8, 4) is 11.5 Å². The van der Waals surface area contributed by atoms with Crippen molar-refractivity contribution >= 4 is 46.7 Å². The Balaban J connectivity index is 1.51. The first-order valence-corrected chi connectivity index (χ1v) is 14.1. The van der Waals surface area contributed by atoms with Crippen molar-refractivity contribution in [1.82, 2.24) is 10.1 Å². The van der Waals surface area contributed by atoms with E-state index in [1.54, 1.807) is 18.2 Å². The number of benzene rings is 2. The molecule has 5 rings (SSSR count). The Labute approximate surface area is 245 Å². The lowest BCUT2D eigenvalue weighted by molar-refractivity contribution is -0.148. The van der Waals surface area contributed by atoms with Gasteiger partial charge in [-0.1, -0.05) is 58.2 Å². The van der Waals surface area contributed by atoms with Crippen LogP contribution in [0.3, 0.4) is 0 Å². The van der Waals surface area contributed by atoms with Crippen molar-refractivity contribution in [3.63, 3.8) is 0 Å². The summed E-state index contributed by atoms with van der Waals surface area (Å²) in [5.41, 5.74) is 7.41. The number of carboxylic acids is 1. The van der Waals surface area contributed by atoms with Crippen LogP contribution in [0, 0.1) is 11.8 Å². The Bertz CT molecular complexity index is 1420. The minimum absolute atomic E-state index is 0.0119. The standard InChI is InChI=1S/C28H28Cl3N3O6/c29-18-11-21(40-26(28(37)38)15-7-5-14(12-32)6-8-15)24(31)22(23(18)30)27(36)34-10-9-19-17(13-39-33-19)25(34)16-3-1-2-4-20(16)35/h1-4,11,13-15,25-26,35H,5-10,12,32H2,(H,37,38). The van der Waals surface area contributed by atoms with Crippen LogP contribution in [-0.4, -0.2) is 51.3 Å². The van der Waals surface area contributed by atoms with Crippen LogP contribution in [0.1, 0.15) is 58.9 Å². The van der Waals surface area contributed by atoms with Crippen LogP contribution >= 0.6 is 34.8 Å². The quantitative estimate of drug-likeness (QED) is 0.289. The smallest absolute Gasteiger partial charge is 0.345 e. The van der Waals surface area contributed by atoms with Gasteiger partial charge in [0.1, 0.15) is 17.8 Å². The van der Waals surface area contributed by atoms with Gasteiger partial charge in [0.25, 0.3) is 5.91 Å². The number of phenols is 1. The van der Waals surface area contributed by atoms with E-state index in [1.165, 1.54) is 23.3 Å². The second-order valence-electron chi connectivity index (χ2n) is 10.2. The third kappa shape index (κ3) is 5.35. The maximum atomic E-state index is 14.1. The Kier molecular flexibility index (Phi) is 8.47. The molecule has 1 amide bonds. The van der Waals surface area contributed by atoms with E-state index in [9.17, 15) is 19.8 Å². The highest BCUT2D eigenvalue weighted by atomic mass is 35.5. The molecule has 2 atom stereocenters. The molecule has 40 heavy (non-hydrogen) atoms. The van der Waals surface area contributed by atoms with E-state index in [-0.39, 0.29) is 44.6 Å². The fourth-order valence-corrected chi connectivity index (χ4v) is 6.43. The number of ether oxygens (including phenoxy) is 1.